The second-order valence-electron chi connectivity index (χ2n) is 2.73. The molecule has 0 unspecified atom stereocenters. The molecule has 2 heteroatoms. The monoisotopic (exact) mass is 176 g/mol. The van der Waals surface area contributed by atoms with Gasteiger partial charge in [0.15, 0.2) is 0 Å². The normalized spacial score (nSPS) is 9.38. The smallest absolute Gasteiger partial charge is 0.338 e. The zero-order valence-corrected chi connectivity index (χ0v) is 7.83. The van der Waals surface area contributed by atoms with Gasteiger partial charge in [0.25, 0.3) is 0 Å². The van der Waals surface area contributed by atoms with Crippen molar-refractivity contribution in [3.05, 3.63) is 41.5 Å². The Hall–Kier alpha value is -1.57. The minimum absolute atomic E-state index is 0.321. The van der Waals surface area contributed by atoms with E-state index in [-0.39, 0.29) is 5.97 Å². The van der Waals surface area contributed by atoms with Gasteiger partial charge in [0, 0.05) is 0 Å². The van der Waals surface area contributed by atoms with Crippen LogP contribution >= 0.6 is 0 Å². The van der Waals surface area contributed by atoms with Gasteiger partial charge in [0.05, 0.1) is 12.7 Å². The molecule has 0 atom stereocenters. The predicted molar refractivity (Wildman–Crippen MR) is 52.6 cm³/mol. The quantitative estimate of drug-likeness (QED) is 0.647. The van der Waals surface area contributed by atoms with Gasteiger partial charge in [-0.15, -0.1) is 0 Å². The average Bonchev–Trinajstić information content (AvgIpc) is 2.16. The number of methoxy groups -OCH3 is 1. The molecule has 0 heterocycles. The van der Waals surface area contributed by atoms with Gasteiger partial charge >= 0.3 is 5.97 Å². The highest BCUT2D eigenvalue weighted by Gasteiger charge is 2.10. The van der Waals surface area contributed by atoms with Crippen LogP contribution in [0.15, 0.2) is 24.8 Å². The molecule has 1 aromatic rings. The lowest BCUT2D eigenvalue weighted by Crippen LogP contribution is -2.04. The minimum Gasteiger partial charge on any atom is -0.465 e. The molecular formula is C11H12O2. The lowest BCUT2D eigenvalue weighted by molar-refractivity contribution is 0.0600. The summed E-state index contributed by atoms with van der Waals surface area (Å²) in [6, 6.07) is 5.49. The van der Waals surface area contributed by atoms with Crippen LogP contribution in [0.25, 0.3) is 6.08 Å². The van der Waals surface area contributed by atoms with Crippen molar-refractivity contribution in [1.29, 1.82) is 0 Å². The Morgan fingerprint density at radius 2 is 2.23 bits per heavy atom. The summed E-state index contributed by atoms with van der Waals surface area (Å²) >= 11 is 0. The fourth-order valence-electron chi connectivity index (χ4n) is 1.24. The number of hydrogen-bond acceptors (Lipinski definition) is 2. The van der Waals surface area contributed by atoms with Crippen LogP contribution in [-0.4, -0.2) is 13.1 Å². The third-order valence-electron chi connectivity index (χ3n) is 1.93. The van der Waals surface area contributed by atoms with Crippen LogP contribution in [0.3, 0.4) is 0 Å². The second kappa shape index (κ2) is 3.90. The zero-order chi connectivity index (χ0) is 9.84. The molecule has 0 saturated carbocycles. The zero-order valence-electron chi connectivity index (χ0n) is 7.83. The first-order valence-corrected chi connectivity index (χ1v) is 4.01. The van der Waals surface area contributed by atoms with E-state index in [1.807, 2.05) is 19.1 Å². The maximum absolute atomic E-state index is 11.3. The summed E-state index contributed by atoms with van der Waals surface area (Å²) in [4.78, 5) is 11.3. The van der Waals surface area contributed by atoms with Gasteiger partial charge < -0.3 is 4.74 Å². The van der Waals surface area contributed by atoms with Gasteiger partial charge in [-0.1, -0.05) is 24.8 Å². The summed E-state index contributed by atoms with van der Waals surface area (Å²) in [6.45, 7) is 5.60. The molecule has 0 N–H and O–H groups in total. The van der Waals surface area contributed by atoms with Crippen molar-refractivity contribution in [2.45, 2.75) is 6.92 Å². The van der Waals surface area contributed by atoms with E-state index in [4.69, 9.17) is 0 Å². The van der Waals surface area contributed by atoms with Crippen LogP contribution in [0.5, 0.6) is 0 Å². The molecule has 0 fully saturated rings. The van der Waals surface area contributed by atoms with E-state index in [0.717, 1.165) is 11.1 Å². The Balaban J connectivity index is 3.28. The number of benzene rings is 1. The molecular weight excluding hydrogens is 164 g/mol. The second-order valence-corrected chi connectivity index (χ2v) is 2.73. The summed E-state index contributed by atoms with van der Waals surface area (Å²) in [7, 11) is 1.37. The van der Waals surface area contributed by atoms with Gasteiger partial charge in [-0.2, -0.15) is 0 Å². The van der Waals surface area contributed by atoms with Gasteiger partial charge in [-0.25, -0.2) is 4.79 Å². The molecule has 0 bridgehead atoms. The molecule has 0 aliphatic rings. The van der Waals surface area contributed by atoms with Crippen molar-refractivity contribution in [2.75, 3.05) is 7.11 Å². The summed E-state index contributed by atoms with van der Waals surface area (Å²) in [5.74, 6) is -0.321. The van der Waals surface area contributed by atoms with E-state index in [0.29, 0.717) is 5.56 Å². The van der Waals surface area contributed by atoms with E-state index < -0.39 is 0 Å². The maximum atomic E-state index is 11.3. The summed E-state index contributed by atoms with van der Waals surface area (Å²) in [6.07, 6.45) is 1.67. The van der Waals surface area contributed by atoms with Crippen LogP contribution in [0.1, 0.15) is 21.5 Å². The molecule has 2 nitrogen and oxygen atoms in total. The Bertz CT molecular complexity index is 340. The summed E-state index contributed by atoms with van der Waals surface area (Å²) in [5, 5.41) is 0. The predicted octanol–water partition coefficient (Wildman–Crippen LogP) is 2.42. The van der Waals surface area contributed by atoms with E-state index in [1.54, 1.807) is 12.1 Å². The lowest BCUT2D eigenvalue weighted by atomic mass is 10.0. The Morgan fingerprint density at radius 3 is 2.77 bits per heavy atom. The molecule has 1 aromatic carbocycles. The SMILES string of the molecule is C=Cc1c(C)cccc1C(=O)OC. The Labute approximate surface area is 77.8 Å². The van der Waals surface area contributed by atoms with Gasteiger partial charge in [0.2, 0.25) is 0 Å². The minimum atomic E-state index is -0.321. The average molecular weight is 176 g/mol. The number of carbonyl (C=O) groups excluding carboxylic acids is 1. The van der Waals surface area contributed by atoms with Crippen molar-refractivity contribution in [1.82, 2.24) is 0 Å². The molecule has 1 rings (SSSR count). The van der Waals surface area contributed by atoms with E-state index >= 15 is 0 Å². The van der Waals surface area contributed by atoms with E-state index in [2.05, 4.69) is 11.3 Å². The maximum Gasteiger partial charge on any atom is 0.338 e. The molecule has 0 aromatic heterocycles. The molecule has 0 aliphatic heterocycles. The molecule has 68 valence electrons. The summed E-state index contributed by atoms with van der Waals surface area (Å²) in [5.41, 5.74) is 2.43. The van der Waals surface area contributed by atoms with Crippen molar-refractivity contribution < 1.29 is 9.53 Å². The number of ether oxygens (including phenoxy) is 1. The Kier molecular flexibility index (Phi) is 2.85. The largest absolute Gasteiger partial charge is 0.465 e. The fraction of sp³-hybridized carbons (Fsp3) is 0.182. The van der Waals surface area contributed by atoms with Gasteiger partial charge in [0.1, 0.15) is 0 Å². The van der Waals surface area contributed by atoms with Crippen molar-refractivity contribution >= 4 is 12.0 Å². The van der Waals surface area contributed by atoms with Gasteiger partial charge in [-0.05, 0) is 24.1 Å². The topological polar surface area (TPSA) is 26.3 Å². The number of esters is 1. The number of hydrogen-bond donors (Lipinski definition) is 0. The van der Waals surface area contributed by atoms with E-state index in [9.17, 15) is 4.79 Å². The van der Waals surface area contributed by atoms with Crippen LogP contribution < -0.4 is 0 Å². The van der Waals surface area contributed by atoms with E-state index in [1.165, 1.54) is 7.11 Å². The fourth-order valence-corrected chi connectivity index (χ4v) is 1.24. The third kappa shape index (κ3) is 1.78. The molecule has 0 aliphatic carbocycles. The standard InChI is InChI=1S/C11H12O2/c1-4-9-8(2)6-5-7-10(9)11(12)13-3/h4-7H,1H2,2-3H3. The van der Waals surface area contributed by atoms with Gasteiger partial charge in [-0.3, -0.25) is 0 Å². The number of rotatable bonds is 2. The first kappa shape index (κ1) is 9.52. The first-order chi connectivity index (χ1) is 6.20. The highest BCUT2D eigenvalue weighted by Crippen LogP contribution is 2.16. The van der Waals surface area contributed by atoms with Crippen molar-refractivity contribution in [3.8, 4) is 0 Å². The number of aryl methyl sites for hydroxylation is 1. The molecule has 0 spiro atoms. The molecule has 13 heavy (non-hydrogen) atoms. The van der Waals surface area contributed by atoms with Crippen LogP contribution in [0, 0.1) is 6.92 Å². The third-order valence-corrected chi connectivity index (χ3v) is 1.93. The molecule has 0 saturated heterocycles. The summed E-state index contributed by atoms with van der Waals surface area (Å²) < 4.78 is 4.65. The highest BCUT2D eigenvalue weighted by molar-refractivity contribution is 5.94. The van der Waals surface area contributed by atoms with Crippen molar-refractivity contribution in [2.24, 2.45) is 0 Å². The molecule has 0 radical (unpaired) electrons. The van der Waals surface area contributed by atoms with Crippen molar-refractivity contribution in [3.63, 3.8) is 0 Å². The van der Waals surface area contributed by atoms with Crippen LogP contribution in [0.4, 0.5) is 0 Å². The highest BCUT2D eigenvalue weighted by atomic mass is 16.5. The van der Waals surface area contributed by atoms with Crippen LogP contribution in [-0.2, 0) is 4.74 Å². The Morgan fingerprint density at radius 1 is 1.54 bits per heavy atom. The molecule has 0 amide bonds. The lowest BCUT2D eigenvalue weighted by Gasteiger charge is -2.06. The number of carbonyl (C=O) groups is 1. The van der Waals surface area contributed by atoms with Crippen LogP contribution in [0.2, 0.25) is 0 Å². The first-order valence-electron chi connectivity index (χ1n) is 4.01.